The van der Waals surface area contributed by atoms with Gasteiger partial charge in [0.1, 0.15) is 48.1 Å². The maximum atomic E-state index is 13.2. The minimum absolute atomic E-state index is 0.223. The zero-order valence-electron chi connectivity index (χ0n) is 39.8. The van der Waals surface area contributed by atoms with Crippen LogP contribution in [0.2, 0.25) is 0 Å². The van der Waals surface area contributed by atoms with E-state index >= 15 is 0 Å². The van der Waals surface area contributed by atoms with Crippen molar-refractivity contribution in [3.8, 4) is 11.1 Å². The number of pyridine rings is 1. The molecule has 0 saturated carbocycles. The number of anilines is 1. The molecule has 3 aliphatic heterocycles. The Morgan fingerprint density at radius 3 is 1.25 bits per heavy atom. The minimum Gasteiger partial charge on any atom is -0.356 e. The van der Waals surface area contributed by atoms with Gasteiger partial charge in [0.25, 0.3) is 0 Å². The molecule has 0 aliphatic carbocycles. The van der Waals surface area contributed by atoms with Crippen molar-refractivity contribution in [3.05, 3.63) is 145 Å². The van der Waals surface area contributed by atoms with Gasteiger partial charge < -0.3 is 18.6 Å². The highest BCUT2D eigenvalue weighted by Gasteiger charge is 2.33. The van der Waals surface area contributed by atoms with Crippen LogP contribution in [0.4, 0.5) is 10.2 Å². The molecule has 17 nitrogen and oxygen atoms in total. The van der Waals surface area contributed by atoms with E-state index in [1.165, 1.54) is 12.1 Å². The molecule has 10 rings (SSSR count). The van der Waals surface area contributed by atoms with E-state index in [0.717, 1.165) is 97.2 Å². The van der Waals surface area contributed by atoms with E-state index < -0.39 is 20.0 Å². The topological polar surface area (TPSA) is 183 Å². The molecule has 20 heteroatoms. The molecule has 0 unspecified atom stereocenters. The van der Waals surface area contributed by atoms with E-state index in [1.54, 1.807) is 51.9 Å². The smallest absolute Gasteiger partial charge is 0.243 e. The van der Waals surface area contributed by atoms with E-state index in [1.807, 2.05) is 103 Å². The summed E-state index contributed by atoms with van der Waals surface area (Å²) in [5, 5.41) is 24.3. The lowest BCUT2D eigenvalue weighted by Crippen LogP contribution is -2.38. The summed E-state index contributed by atoms with van der Waals surface area (Å²) >= 11 is 0. The predicted molar refractivity (Wildman–Crippen MR) is 261 cm³/mol. The third kappa shape index (κ3) is 11.5. The molecule has 3 aromatic carbocycles. The van der Waals surface area contributed by atoms with Gasteiger partial charge in [-0.25, -0.2) is 26.2 Å². The second kappa shape index (κ2) is 21.6. The molecule has 4 aromatic heterocycles. The Hall–Kier alpha value is -6.22. The van der Waals surface area contributed by atoms with Gasteiger partial charge in [0, 0.05) is 89.9 Å². The van der Waals surface area contributed by atoms with Crippen molar-refractivity contribution in [3.63, 3.8) is 0 Å². The SMILES string of the molecule is Cc1ccc(S(=O)(=O)N2CCC(c3nncn3C)CC2)cc1.Cc1ccc(S(=O)(=O)N2CCC(c3nncn3C)CC2)cc1.Cn1cnnc1C1CCN(c2ncccc2-c2ccc(F)cc2)CC1. The maximum Gasteiger partial charge on any atom is 0.243 e. The normalized spacial score (nSPS) is 16.9. The van der Waals surface area contributed by atoms with E-state index in [0.29, 0.717) is 41.9 Å². The molecule has 0 amide bonds. The van der Waals surface area contributed by atoms with Crippen molar-refractivity contribution >= 4 is 25.9 Å². The summed E-state index contributed by atoms with van der Waals surface area (Å²) in [6.07, 6.45) is 12.1. The Kier molecular flexibility index (Phi) is 15.4. The van der Waals surface area contributed by atoms with Crippen LogP contribution in [-0.4, -0.2) is 114 Å². The van der Waals surface area contributed by atoms with Gasteiger partial charge in [0.15, 0.2) is 0 Å². The van der Waals surface area contributed by atoms with Crippen LogP contribution in [-0.2, 0) is 41.2 Å². The molecule has 0 N–H and O–H groups in total. The minimum atomic E-state index is -3.39. The van der Waals surface area contributed by atoms with Crippen LogP contribution >= 0.6 is 0 Å². The third-order valence-electron chi connectivity index (χ3n) is 13.3. The molecule has 3 aliphatic rings. The van der Waals surface area contributed by atoms with E-state index in [2.05, 4.69) is 40.5 Å². The van der Waals surface area contributed by atoms with Gasteiger partial charge >= 0.3 is 0 Å². The molecule has 3 fully saturated rings. The molecule has 69 heavy (non-hydrogen) atoms. The van der Waals surface area contributed by atoms with Crippen molar-refractivity contribution in [2.75, 3.05) is 44.2 Å². The number of halogens is 1. The standard InChI is InChI=1S/C19H20FN5.2C15H20N4O2S/c1-24-13-22-23-18(24)15-8-11-25(12-9-15)19-17(3-2-10-21-19)14-4-6-16(20)7-5-14;2*1-12-3-5-14(6-4-12)22(20,21)19-9-7-13(8-10-19)15-17-16-11-18(15)2/h2-7,10,13,15H,8-9,11-12H2,1H3;2*3-6,11,13H,7-10H2,1-2H3. The van der Waals surface area contributed by atoms with Gasteiger partial charge in [-0.05, 0) is 106 Å². The molecule has 7 heterocycles. The lowest BCUT2D eigenvalue weighted by atomic mass is 9.95. The average Bonchev–Trinajstić information content (AvgIpc) is 4.13. The molecular formula is C49H60FN13O4S2. The van der Waals surface area contributed by atoms with E-state index in [-0.39, 0.29) is 17.7 Å². The zero-order chi connectivity index (χ0) is 48.7. The van der Waals surface area contributed by atoms with Crippen molar-refractivity contribution in [2.45, 2.75) is 79.9 Å². The summed E-state index contributed by atoms with van der Waals surface area (Å²) in [6.45, 7) is 7.82. The summed E-state index contributed by atoms with van der Waals surface area (Å²) in [4.78, 5) is 7.66. The first-order valence-electron chi connectivity index (χ1n) is 23.3. The van der Waals surface area contributed by atoms with Crippen LogP contribution in [0.15, 0.2) is 120 Å². The number of hydrogen-bond acceptors (Lipinski definition) is 12. The van der Waals surface area contributed by atoms with E-state index in [4.69, 9.17) is 0 Å². The highest BCUT2D eigenvalue weighted by Crippen LogP contribution is 2.35. The zero-order valence-corrected chi connectivity index (χ0v) is 41.4. The maximum absolute atomic E-state index is 13.2. The van der Waals surface area contributed by atoms with Gasteiger partial charge in [-0.2, -0.15) is 8.61 Å². The number of aryl methyl sites for hydroxylation is 5. The summed E-state index contributed by atoms with van der Waals surface area (Å²) in [5.41, 5.74) is 4.14. The van der Waals surface area contributed by atoms with Gasteiger partial charge in [0.2, 0.25) is 20.0 Å². The Bertz CT molecular complexity index is 2860. The molecule has 0 spiro atoms. The van der Waals surface area contributed by atoms with Crippen LogP contribution in [0.1, 0.15) is 84.9 Å². The van der Waals surface area contributed by atoms with Crippen LogP contribution in [0, 0.1) is 19.7 Å². The number of piperidine rings is 3. The van der Waals surface area contributed by atoms with Gasteiger partial charge in [0.05, 0.1) is 9.79 Å². The second-order valence-electron chi connectivity index (χ2n) is 18.0. The molecule has 0 bridgehead atoms. The first kappa shape index (κ1) is 49.2. The van der Waals surface area contributed by atoms with Crippen LogP contribution in [0.5, 0.6) is 0 Å². The highest BCUT2D eigenvalue weighted by molar-refractivity contribution is 7.89. The molecule has 0 atom stereocenters. The van der Waals surface area contributed by atoms with Gasteiger partial charge in [-0.3, -0.25) is 0 Å². The van der Waals surface area contributed by atoms with Crippen LogP contribution < -0.4 is 4.90 Å². The Labute approximate surface area is 404 Å². The second-order valence-corrected chi connectivity index (χ2v) is 21.9. The Morgan fingerprint density at radius 2 is 0.884 bits per heavy atom. The number of nitrogens with zero attached hydrogens (tertiary/aromatic N) is 13. The molecule has 3 saturated heterocycles. The van der Waals surface area contributed by atoms with Crippen molar-refractivity contribution in [2.24, 2.45) is 21.1 Å². The van der Waals surface area contributed by atoms with E-state index in [9.17, 15) is 21.2 Å². The van der Waals surface area contributed by atoms with Crippen LogP contribution in [0.25, 0.3) is 11.1 Å². The summed E-state index contributed by atoms with van der Waals surface area (Å²) < 4.78 is 72.8. The van der Waals surface area contributed by atoms with Crippen molar-refractivity contribution in [1.29, 1.82) is 0 Å². The lowest BCUT2D eigenvalue weighted by molar-refractivity contribution is 0.310. The monoisotopic (exact) mass is 977 g/mol. The fourth-order valence-corrected chi connectivity index (χ4v) is 12.2. The number of hydrogen-bond donors (Lipinski definition) is 0. The fourth-order valence-electron chi connectivity index (χ4n) is 9.27. The first-order chi connectivity index (χ1) is 33.2. The predicted octanol–water partition coefficient (Wildman–Crippen LogP) is 6.78. The third-order valence-corrected chi connectivity index (χ3v) is 17.1. The van der Waals surface area contributed by atoms with Crippen LogP contribution in [0.3, 0.4) is 0 Å². The number of aromatic nitrogens is 10. The molecule has 7 aromatic rings. The molecule has 364 valence electrons. The Morgan fingerprint density at radius 1 is 0.507 bits per heavy atom. The average molecular weight is 978 g/mol. The van der Waals surface area contributed by atoms with Gasteiger partial charge in [-0.15, -0.1) is 30.6 Å². The quantitative estimate of drug-likeness (QED) is 0.148. The van der Waals surface area contributed by atoms with Gasteiger partial charge in [-0.1, -0.05) is 47.5 Å². The number of sulfonamides is 2. The summed E-state index contributed by atoms with van der Waals surface area (Å²) in [6, 6.07) is 24.6. The Balaban J connectivity index is 0.000000140. The summed E-state index contributed by atoms with van der Waals surface area (Å²) in [7, 11) is -0.945. The number of benzene rings is 3. The summed E-state index contributed by atoms with van der Waals surface area (Å²) in [5.74, 6) is 4.65. The molecular weight excluding hydrogens is 918 g/mol. The lowest BCUT2D eigenvalue weighted by Gasteiger charge is -2.33. The van der Waals surface area contributed by atoms with Crippen molar-refractivity contribution in [1.82, 2.24) is 57.9 Å². The van der Waals surface area contributed by atoms with Crippen molar-refractivity contribution < 1.29 is 21.2 Å². The largest absolute Gasteiger partial charge is 0.356 e. The molecule has 0 radical (unpaired) electrons. The highest BCUT2D eigenvalue weighted by atomic mass is 32.2. The fraction of sp³-hybridized carbons (Fsp3) is 0.408. The number of rotatable bonds is 9. The first-order valence-corrected chi connectivity index (χ1v) is 26.2.